The zero-order chi connectivity index (χ0) is 21.3. The van der Waals surface area contributed by atoms with Crippen LogP contribution in [0.1, 0.15) is 17.2 Å². The maximum Gasteiger partial charge on any atom is 0.246 e. The molecule has 5 heteroatoms. The van der Waals surface area contributed by atoms with Gasteiger partial charge in [0.2, 0.25) is 5.91 Å². The third kappa shape index (κ3) is 5.61. The van der Waals surface area contributed by atoms with Crippen molar-refractivity contribution in [2.45, 2.75) is 13.0 Å². The van der Waals surface area contributed by atoms with E-state index < -0.39 is 6.04 Å². The highest BCUT2D eigenvalue weighted by atomic mass is 16.5. The molecular formula is C25H28N2O3. The number of para-hydroxylation sites is 1. The molecule has 3 aromatic rings. The van der Waals surface area contributed by atoms with Crippen LogP contribution in [0.5, 0.6) is 11.5 Å². The Morgan fingerprint density at radius 1 is 1.00 bits per heavy atom. The number of benzene rings is 3. The molecule has 0 aliphatic heterocycles. The first-order valence-corrected chi connectivity index (χ1v) is 9.97. The van der Waals surface area contributed by atoms with E-state index in [4.69, 9.17) is 9.47 Å². The van der Waals surface area contributed by atoms with Crippen LogP contribution in [0, 0.1) is 6.92 Å². The first kappa shape index (κ1) is 21.4. The van der Waals surface area contributed by atoms with Crippen LogP contribution in [0.15, 0.2) is 78.9 Å². The Morgan fingerprint density at radius 2 is 1.67 bits per heavy atom. The van der Waals surface area contributed by atoms with Crippen molar-refractivity contribution in [2.75, 3.05) is 32.6 Å². The molecule has 0 aliphatic rings. The van der Waals surface area contributed by atoms with E-state index in [1.165, 1.54) is 0 Å². The number of carbonyl (C=O) groups excluding carboxylic acids is 1. The molecule has 0 unspecified atom stereocenters. The number of ether oxygens (including phenoxy) is 2. The van der Waals surface area contributed by atoms with Crippen molar-refractivity contribution >= 4 is 11.6 Å². The van der Waals surface area contributed by atoms with Crippen molar-refractivity contribution in [1.29, 1.82) is 0 Å². The van der Waals surface area contributed by atoms with Gasteiger partial charge in [-0.1, -0.05) is 54.6 Å². The number of aryl methyl sites for hydroxylation is 1. The largest absolute Gasteiger partial charge is 0.495 e. The van der Waals surface area contributed by atoms with Gasteiger partial charge in [0.15, 0.2) is 0 Å². The average Bonchev–Trinajstić information content (AvgIpc) is 2.75. The molecule has 0 aromatic heterocycles. The lowest BCUT2D eigenvalue weighted by Crippen LogP contribution is -2.37. The van der Waals surface area contributed by atoms with E-state index in [2.05, 4.69) is 5.32 Å². The van der Waals surface area contributed by atoms with Crippen LogP contribution in [0.25, 0.3) is 0 Å². The molecule has 0 saturated carbocycles. The van der Waals surface area contributed by atoms with Gasteiger partial charge in [0.05, 0.1) is 12.8 Å². The van der Waals surface area contributed by atoms with E-state index in [0.29, 0.717) is 24.6 Å². The Balaban J connectivity index is 1.75. The average molecular weight is 405 g/mol. The fraction of sp³-hybridized carbons (Fsp3) is 0.240. The summed E-state index contributed by atoms with van der Waals surface area (Å²) in [4.78, 5) is 15.3. The van der Waals surface area contributed by atoms with Crippen molar-refractivity contribution in [3.63, 3.8) is 0 Å². The number of likely N-dealkylation sites (N-methyl/N-ethyl adjacent to an activating group) is 1. The van der Waals surface area contributed by atoms with E-state index in [9.17, 15) is 4.79 Å². The van der Waals surface area contributed by atoms with Crippen molar-refractivity contribution in [3.05, 3.63) is 90.0 Å². The topological polar surface area (TPSA) is 50.8 Å². The van der Waals surface area contributed by atoms with Crippen molar-refractivity contribution in [1.82, 2.24) is 4.90 Å². The summed E-state index contributed by atoms with van der Waals surface area (Å²) < 4.78 is 11.2. The second kappa shape index (κ2) is 10.5. The quantitative estimate of drug-likeness (QED) is 0.562. The van der Waals surface area contributed by atoms with Gasteiger partial charge in [0.1, 0.15) is 24.1 Å². The van der Waals surface area contributed by atoms with Gasteiger partial charge in [-0.2, -0.15) is 0 Å². The van der Waals surface area contributed by atoms with Crippen LogP contribution < -0.4 is 14.8 Å². The molecule has 0 saturated heterocycles. The Labute approximate surface area is 178 Å². The molecule has 0 fully saturated rings. The lowest BCUT2D eigenvalue weighted by molar-refractivity contribution is -0.121. The molecule has 156 valence electrons. The van der Waals surface area contributed by atoms with E-state index in [1.807, 2.05) is 97.7 Å². The molecular weight excluding hydrogens is 376 g/mol. The van der Waals surface area contributed by atoms with Gasteiger partial charge in [-0.3, -0.25) is 9.69 Å². The fourth-order valence-corrected chi connectivity index (χ4v) is 3.32. The summed E-state index contributed by atoms with van der Waals surface area (Å²) in [5.74, 6) is 1.33. The molecule has 30 heavy (non-hydrogen) atoms. The summed E-state index contributed by atoms with van der Waals surface area (Å²) in [6, 6.07) is 24.7. The Morgan fingerprint density at radius 3 is 2.33 bits per heavy atom. The molecule has 1 N–H and O–H groups in total. The van der Waals surface area contributed by atoms with Crippen LogP contribution >= 0.6 is 0 Å². The van der Waals surface area contributed by atoms with Gasteiger partial charge in [-0.05, 0) is 49.4 Å². The minimum Gasteiger partial charge on any atom is -0.495 e. The molecule has 0 bridgehead atoms. The fourth-order valence-electron chi connectivity index (χ4n) is 3.32. The Hall–Kier alpha value is -3.31. The van der Waals surface area contributed by atoms with Gasteiger partial charge in [-0.25, -0.2) is 0 Å². The highest BCUT2D eigenvalue weighted by Crippen LogP contribution is 2.28. The highest BCUT2D eigenvalue weighted by molar-refractivity contribution is 5.96. The number of anilines is 1. The van der Waals surface area contributed by atoms with Crippen LogP contribution in [-0.4, -0.2) is 38.1 Å². The van der Waals surface area contributed by atoms with E-state index >= 15 is 0 Å². The highest BCUT2D eigenvalue weighted by Gasteiger charge is 2.26. The van der Waals surface area contributed by atoms with Crippen molar-refractivity contribution in [2.24, 2.45) is 0 Å². The number of nitrogens with one attached hydrogen (secondary N) is 1. The van der Waals surface area contributed by atoms with Gasteiger partial charge >= 0.3 is 0 Å². The summed E-state index contributed by atoms with van der Waals surface area (Å²) in [5, 5.41) is 3.04. The minimum atomic E-state index is -0.462. The first-order chi connectivity index (χ1) is 14.6. The maximum atomic E-state index is 13.3. The molecule has 0 aliphatic carbocycles. The molecule has 0 spiro atoms. The van der Waals surface area contributed by atoms with Gasteiger partial charge in [-0.15, -0.1) is 0 Å². The first-order valence-electron chi connectivity index (χ1n) is 9.97. The number of nitrogens with zero attached hydrogens (tertiary/aromatic N) is 1. The van der Waals surface area contributed by atoms with Crippen molar-refractivity contribution < 1.29 is 14.3 Å². The van der Waals surface area contributed by atoms with Crippen LogP contribution in [0.3, 0.4) is 0 Å². The molecule has 3 rings (SSSR count). The SMILES string of the molecule is COc1ccc(C)cc1NC(=O)[C@H](c1ccccc1)N(C)CCOc1ccccc1. The molecule has 0 radical (unpaired) electrons. The number of amides is 1. The summed E-state index contributed by atoms with van der Waals surface area (Å²) in [6.07, 6.45) is 0. The van der Waals surface area contributed by atoms with Crippen LogP contribution in [0.2, 0.25) is 0 Å². The zero-order valence-electron chi connectivity index (χ0n) is 17.7. The third-order valence-corrected chi connectivity index (χ3v) is 4.87. The zero-order valence-corrected chi connectivity index (χ0v) is 17.7. The maximum absolute atomic E-state index is 13.3. The molecule has 1 amide bonds. The molecule has 0 heterocycles. The van der Waals surface area contributed by atoms with Crippen LogP contribution in [0.4, 0.5) is 5.69 Å². The molecule has 1 atom stereocenters. The predicted octanol–water partition coefficient (Wildman–Crippen LogP) is 4.69. The standard InChI is InChI=1S/C25H28N2O3/c1-19-14-15-23(29-3)22(18-19)26-25(28)24(20-10-6-4-7-11-20)27(2)16-17-30-21-12-8-5-9-13-21/h4-15,18,24H,16-17H2,1-3H3,(H,26,28)/t24-/m0/s1. The van der Waals surface area contributed by atoms with Crippen LogP contribution in [-0.2, 0) is 4.79 Å². The smallest absolute Gasteiger partial charge is 0.246 e. The number of carbonyl (C=O) groups is 1. The van der Waals surface area contributed by atoms with Crippen molar-refractivity contribution in [3.8, 4) is 11.5 Å². The second-order valence-electron chi connectivity index (χ2n) is 7.15. The number of rotatable bonds is 9. The number of methoxy groups -OCH3 is 1. The molecule has 3 aromatic carbocycles. The summed E-state index contributed by atoms with van der Waals surface area (Å²) >= 11 is 0. The summed E-state index contributed by atoms with van der Waals surface area (Å²) in [6.45, 7) is 3.05. The van der Waals surface area contributed by atoms with E-state index in [0.717, 1.165) is 16.9 Å². The van der Waals surface area contributed by atoms with E-state index in [-0.39, 0.29) is 5.91 Å². The Bertz CT molecular complexity index is 945. The van der Waals surface area contributed by atoms with Gasteiger partial charge in [0.25, 0.3) is 0 Å². The van der Waals surface area contributed by atoms with E-state index in [1.54, 1.807) is 7.11 Å². The predicted molar refractivity (Wildman–Crippen MR) is 120 cm³/mol. The third-order valence-electron chi connectivity index (χ3n) is 4.87. The number of hydrogen-bond donors (Lipinski definition) is 1. The lowest BCUT2D eigenvalue weighted by atomic mass is 10.0. The Kier molecular flexibility index (Phi) is 7.46. The van der Waals surface area contributed by atoms with Gasteiger partial charge < -0.3 is 14.8 Å². The molecule has 5 nitrogen and oxygen atoms in total. The second-order valence-corrected chi connectivity index (χ2v) is 7.15. The minimum absolute atomic E-state index is 0.118. The lowest BCUT2D eigenvalue weighted by Gasteiger charge is -2.28. The summed E-state index contributed by atoms with van der Waals surface area (Å²) in [7, 11) is 3.53. The van der Waals surface area contributed by atoms with Gasteiger partial charge in [0, 0.05) is 6.54 Å². The number of hydrogen-bond acceptors (Lipinski definition) is 4. The normalized spacial score (nSPS) is 11.7. The summed E-state index contributed by atoms with van der Waals surface area (Å²) in [5.41, 5.74) is 2.63. The monoisotopic (exact) mass is 404 g/mol.